The van der Waals surface area contributed by atoms with Crippen LogP contribution in [0.3, 0.4) is 0 Å². The van der Waals surface area contributed by atoms with Gasteiger partial charge in [-0.05, 0) is 72.5 Å². The third-order valence-electron chi connectivity index (χ3n) is 11.2. The number of alkyl halides is 3. The smallest absolute Gasteiger partial charge is 0.402 e. The van der Waals surface area contributed by atoms with Gasteiger partial charge in [-0.2, -0.15) is 13.2 Å². The largest absolute Gasteiger partial charge is 0.441 e. The molecule has 9 rings (SSSR count). The Bertz CT molecular complexity index is 2990. The first kappa shape index (κ1) is 38.0. The summed E-state index contributed by atoms with van der Waals surface area (Å²) in [5.41, 5.74) is -9.67. The summed E-state index contributed by atoms with van der Waals surface area (Å²) >= 11 is 0. The van der Waals surface area contributed by atoms with E-state index in [1.807, 2.05) is 0 Å². The molecule has 0 saturated heterocycles. The van der Waals surface area contributed by atoms with E-state index in [4.69, 9.17) is 8.83 Å². The lowest BCUT2D eigenvalue weighted by molar-refractivity contribution is -0.173. The fraction of sp³-hybridized carbons (Fsp3) is 0.136. The van der Waals surface area contributed by atoms with Crippen LogP contribution < -0.4 is 0 Å². The lowest BCUT2D eigenvalue weighted by Crippen LogP contribution is -2.40. The van der Waals surface area contributed by atoms with Crippen LogP contribution in [0.2, 0.25) is 0 Å². The molecule has 2 heterocycles. The maximum absolute atomic E-state index is 16.2. The Morgan fingerprint density at radius 1 is 0.508 bits per heavy atom. The molecule has 15 heteroatoms. The van der Waals surface area contributed by atoms with Crippen LogP contribution in [-0.2, 0) is 10.8 Å². The van der Waals surface area contributed by atoms with Crippen LogP contribution in [0.25, 0.3) is 44.8 Å². The highest BCUT2D eigenvalue weighted by Crippen LogP contribution is 2.60. The lowest BCUT2D eigenvalue weighted by Gasteiger charge is -2.34. The molecule has 1 unspecified atom stereocenters. The van der Waals surface area contributed by atoms with Crippen molar-refractivity contribution < 1.29 is 57.1 Å². The first-order valence-electron chi connectivity index (χ1n) is 17.7. The minimum Gasteiger partial charge on any atom is -0.441 e. The number of oxazole rings is 2. The average molecular weight is 821 g/mol. The molecular formula is C44H23F11N2O2. The summed E-state index contributed by atoms with van der Waals surface area (Å²) in [4.78, 5) is 8.57. The van der Waals surface area contributed by atoms with Crippen molar-refractivity contribution in [3.63, 3.8) is 0 Å². The first-order chi connectivity index (χ1) is 27.9. The van der Waals surface area contributed by atoms with Crippen LogP contribution in [0, 0.1) is 60.4 Å². The summed E-state index contributed by atoms with van der Waals surface area (Å²) < 4.78 is 180. The molecule has 1 aliphatic rings. The molecule has 2 aromatic heterocycles. The molecule has 1 atom stereocenters. The normalized spacial score (nSPS) is 14.5. The first-order valence-corrected chi connectivity index (χ1v) is 17.7. The van der Waals surface area contributed by atoms with Crippen molar-refractivity contribution in [2.24, 2.45) is 0 Å². The standard InChI is InChI=1S/C44H23F11N2O2/c1-18-4-8-21(9-5-18)43(31-29(33(45)37(49)39(51)35(31)47)30-32(43)36(48)40(52)38(50)34(30)46)22-10-6-20(7-11-22)41-57-26-17-24(13-15-28(26)59-41)42(3,44(53,54)55)23-12-14-27-25(16-23)56-19(2)58-27/h4-17H,1-3H3. The van der Waals surface area contributed by atoms with Crippen molar-refractivity contribution in [1.29, 1.82) is 0 Å². The molecule has 0 radical (unpaired) electrons. The Labute approximate surface area is 325 Å². The van der Waals surface area contributed by atoms with E-state index in [1.165, 1.54) is 84.9 Å². The Morgan fingerprint density at radius 3 is 1.44 bits per heavy atom. The van der Waals surface area contributed by atoms with Crippen LogP contribution >= 0.6 is 0 Å². The highest BCUT2D eigenvalue weighted by atomic mass is 19.4. The molecule has 0 aliphatic heterocycles. The molecule has 0 saturated carbocycles. The van der Waals surface area contributed by atoms with Gasteiger partial charge in [-0.1, -0.05) is 54.1 Å². The third kappa shape index (κ3) is 5.15. The summed E-state index contributed by atoms with van der Waals surface area (Å²) in [6.07, 6.45) is -4.81. The number of rotatable bonds is 5. The van der Waals surface area contributed by atoms with Gasteiger partial charge in [0, 0.05) is 34.7 Å². The van der Waals surface area contributed by atoms with E-state index in [0.717, 1.165) is 6.92 Å². The minimum absolute atomic E-state index is 0.00952. The van der Waals surface area contributed by atoms with Crippen LogP contribution in [0.15, 0.2) is 93.8 Å². The van der Waals surface area contributed by atoms with Gasteiger partial charge in [-0.3, -0.25) is 0 Å². The van der Waals surface area contributed by atoms with Crippen molar-refractivity contribution in [3.05, 3.63) is 176 Å². The quantitative estimate of drug-likeness (QED) is 0.0986. The summed E-state index contributed by atoms with van der Waals surface area (Å²) in [5, 5.41) is 0. The Morgan fingerprint density at radius 2 is 0.949 bits per heavy atom. The summed E-state index contributed by atoms with van der Waals surface area (Å²) in [5.74, 6) is -17.8. The highest BCUT2D eigenvalue weighted by Gasteiger charge is 2.56. The molecule has 6 aromatic carbocycles. The van der Waals surface area contributed by atoms with Crippen LogP contribution in [0.1, 0.15) is 51.8 Å². The van der Waals surface area contributed by atoms with Crippen molar-refractivity contribution in [3.8, 4) is 22.6 Å². The number of hydrogen-bond donors (Lipinski definition) is 0. The topological polar surface area (TPSA) is 52.1 Å². The summed E-state index contributed by atoms with van der Waals surface area (Å²) in [7, 11) is 0. The number of nitrogens with zero attached hydrogens (tertiary/aromatic N) is 2. The zero-order valence-electron chi connectivity index (χ0n) is 30.5. The second-order valence-corrected chi connectivity index (χ2v) is 14.4. The van der Waals surface area contributed by atoms with E-state index < -0.39 is 85.8 Å². The maximum atomic E-state index is 16.2. The number of aryl methyl sites for hydroxylation is 2. The highest BCUT2D eigenvalue weighted by molar-refractivity contribution is 5.88. The molecule has 59 heavy (non-hydrogen) atoms. The van der Waals surface area contributed by atoms with Gasteiger partial charge in [0.1, 0.15) is 16.4 Å². The Hall–Kier alpha value is -6.51. The van der Waals surface area contributed by atoms with Crippen LogP contribution in [0.5, 0.6) is 0 Å². The lowest BCUT2D eigenvalue weighted by atomic mass is 9.67. The third-order valence-corrected chi connectivity index (χ3v) is 11.2. The zero-order chi connectivity index (χ0) is 42.1. The minimum atomic E-state index is -4.81. The van der Waals surface area contributed by atoms with Gasteiger partial charge in [-0.25, -0.2) is 45.1 Å². The van der Waals surface area contributed by atoms with Crippen molar-refractivity contribution >= 4 is 22.2 Å². The van der Waals surface area contributed by atoms with Crippen LogP contribution in [0.4, 0.5) is 48.3 Å². The van der Waals surface area contributed by atoms with E-state index >= 15 is 26.3 Å². The fourth-order valence-electron chi connectivity index (χ4n) is 8.18. The molecular weight excluding hydrogens is 797 g/mol. The molecule has 0 spiro atoms. The molecule has 0 N–H and O–H groups in total. The monoisotopic (exact) mass is 820 g/mol. The van der Waals surface area contributed by atoms with E-state index in [0.29, 0.717) is 11.1 Å². The average Bonchev–Trinajstić information content (AvgIpc) is 3.91. The molecule has 1 aliphatic carbocycles. The molecule has 0 amide bonds. The molecule has 298 valence electrons. The summed E-state index contributed by atoms with van der Waals surface area (Å²) in [6, 6.07) is 18.0. The van der Waals surface area contributed by atoms with E-state index in [2.05, 4.69) is 9.97 Å². The second-order valence-electron chi connectivity index (χ2n) is 14.4. The molecule has 4 nitrogen and oxygen atoms in total. The van der Waals surface area contributed by atoms with E-state index in [1.54, 1.807) is 13.8 Å². The SMILES string of the molecule is Cc1ccc(C2(c3ccc(-c4nc5cc(C(C)(c6ccc7oc(C)nc7c6)C(F)(F)F)ccc5o4)cc3)c3c(F)c(F)c(F)c(F)c3-c3c(F)c(F)c(F)c(F)c32)cc1. The Balaban J connectivity index is 1.22. The number of aromatic nitrogens is 2. The molecule has 8 aromatic rings. The molecule has 0 fully saturated rings. The van der Waals surface area contributed by atoms with Gasteiger partial charge in [0.05, 0.1) is 5.41 Å². The predicted octanol–water partition coefficient (Wildman–Crippen LogP) is 12.6. The number of benzene rings is 6. The van der Waals surface area contributed by atoms with E-state index in [-0.39, 0.29) is 56.2 Å². The van der Waals surface area contributed by atoms with Gasteiger partial charge in [0.2, 0.25) is 5.89 Å². The van der Waals surface area contributed by atoms with Crippen LogP contribution in [-0.4, -0.2) is 16.1 Å². The number of halogens is 11. The van der Waals surface area contributed by atoms with E-state index in [9.17, 15) is 22.0 Å². The van der Waals surface area contributed by atoms with Crippen molar-refractivity contribution in [2.45, 2.75) is 37.8 Å². The van der Waals surface area contributed by atoms with Gasteiger partial charge in [0.15, 0.2) is 63.6 Å². The second kappa shape index (κ2) is 12.7. The van der Waals surface area contributed by atoms with Gasteiger partial charge in [-0.15, -0.1) is 0 Å². The predicted molar refractivity (Wildman–Crippen MR) is 192 cm³/mol. The number of hydrogen-bond acceptors (Lipinski definition) is 4. The van der Waals surface area contributed by atoms with Crippen molar-refractivity contribution in [2.75, 3.05) is 0 Å². The maximum Gasteiger partial charge on any atom is 0.402 e. The Kier molecular flexibility index (Phi) is 8.21. The summed E-state index contributed by atoms with van der Waals surface area (Å²) in [6.45, 7) is 4.21. The van der Waals surface area contributed by atoms with Gasteiger partial charge < -0.3 is 8.83 Å². The molecule has 0 bridgehead atoms. The van der Waals surface area contributed by atoms with Crippen molar-refractivity contribution in [1.82, 2.24) is 9.97 Å². The number of fused-ring (bicyclic) bond motifs is 5. The fourth-order valence-corrected chi connectivity index (χ4v) is 8.18. The van der Waals surface area contributed by atoms with Gasteiger partial charge in [0.25, 0.3) is 0 Å². The van der Waals surface area contributed by atoms with Gasteiger partial charge >= 0.3 is 6.18 Å². The zero-order valence-corrected chi connectivity index (χ0v) is 30.5.